The molecule has 1 heterocycles. The SMILES string of the molecule is COc1cc(C(=O)N(CCCN2CCN[C@@H](Cc3ccccc3)C2)C/C(C)=C/c2ccccc2)cc(OC)c1OC. The van der Waals surface area contributed by atoms with Gasteiger partial charge in [-0.15, -0.1) is 0 Å². The third kappa shape index (κ3) is 8.59. The number of amides is 1. The highest BCUT2D eigenvalue weighted by atomic mass is 16.5. The summed E-state index contributed by atoms with van der Waals surface area (Å²) in [5.74, 6) is 1.35. The van der Waals surface area contributed by atoms with Gasteiger partial charge in [-0.1, -0.05) is 72.3 Å². The van der Waals surface area contributed by atoms with E-state index >= 15 is 0 Å². The molecule has 1 saturated heterocycles. The van der Waals surface area contributed by atoms with Gasteiger partial charge in [0.15, 0.2) is 11.5 Å². The second-order valence-electron chi connectivity index (χ2n) is 10.5. The molecule has 1 N–H and O–H groups in total. The minimum Gasteiger partial charge on any atom is -0.493 e. The van der Waals surface area contributed by atoms with Crippen molar-refractivity contribution in [2.75, 3.05) is 60.6 Å². The van der Waals surface area contributed by atoms with Gasteiger partial charge in [0.2, 0.25) is 5.75 Å². The maximum absolute atomic E-state index is 13.9. The highest BCUT2D eigenvalue weighted by Crippen LogP contribution is 2.38. The van der Waals surface area contributed by atoms with Crippen molar-refractivity contribution < 1.29 is 19.0 Å². The van der Waals surface area contributed by atoms with Gasteiger partial charge in [-0.3, -0.25) is 4.79 Å². The van der Waals surface area contributed by atoms with Crippen molar-refractivity contribution in [3.05, 3.63) is 95.1 Å². The molecular weight excluding hydrogens is 514 g/mol. The van der Waals surface area contributed by atoms with E-state index in [1.165, 1.54) is 5.56 Å². The van der Waals surface area contributed by atoms with Gasteiger partial charge in [-0.05, 0) is 49.6 Å². The van der Waals surface area contributed by atoms with Gasteiger partial charge in [0.05, 0.1) is 21.3 Å². The Bertz CT molecular complexity index is 1250. The molecule has 0 aromatic heterocycles. The van der Waals surface area contributed by atoms with Gasteiger partial charge in [0.1, 0.15) is 0 Å². The number of nitrogens with one attached hydrogen (secondary N) is 1. The lowest BCUT2D eigenvalue weighted by Gasteiger charge is -2.34. The molecule has 0 unspecified atom stereocenters. The summed E-state index contributed by atoms with van der Waals surface area (Å²) in [6.45, 7) is 7.18. The Morgan fingerprint density at radius 1 is 0.976 bits per heavy atom. The van der Waals surface area contributed by atoms with Crippen LogP contribution >= 0.6 is 0 Å². The maximum Gasteiger partial charge on any atom is 0.254 e. The highest BCUT2D eigenvalue weighted by Gasteiger charge is 2.23. The molecule has 3 aromatic rings. The molecular formula is C34H43N3O4. The number of ether oxygens (including phenoxy) is 3. The quantitative estimate of drug-likeness (QED) is 0.313. The average molecular weight is 558 g/mol. The van der Waals surface area contributed by atoms with Crippen LogP contribution < -0.4 is 19.5 Å². The molecule has 1 amide bonds. The van der Waals surface area contributed by atoms with Crippen molar-refractivity contribution in [1.82, 2.24) is 15.1 Å². The molecule has 3 aromatic carbocycles. The van der Waals surface area contributed by atoms with Crippen LogP contribution in [0.2, 0.25) is 0 Å². The van der Waals surface area contributed by atoms with Crippen LogP contribution in [0.1, 0.15) is 34.8 Å². The molecule has 0 bridgehead atoms. The largest absolute Gasteiger partial charge is 0.493 e. The fourth-order valence-corrected chi connectivity index (χ4v) is 5.44. The highest BCUT2D eigenvalue weighted by molar-refractivity contribution is 5.96. The molecule has 1 aliphatic rings. The Morgan fingerprint density at radius 2 is 1.63 bits per heavy atom. The summed E-state index contributed by atoms with van der Waals surface area (Å²) in [6.07, 6.45) is 4.04. The number of hydrogen-bond donors (Lipinski definition) is 1. The molecule has 41 heavy (non-hydrogen) atoms. The standard InChI is InChI=1S/C34H43N3O4/c1-26(20-27-12-7-5-8-13-27)24-37(34(38)29-22-31(39-2)33(41-4)32(23-29)40-3)18-11-17-36-19-16-35-30(25-36)21-28-14-9-6-10-15-28/h5-10,12-15,20,22-23,30,35H,11,16-19,21,24-25H2,1-4H3/b26-20+/t30-/m0/s1. The first kappa shape index (κ1) is 30.2. The first-order chi connectivity index (χ1) is 20.0. The minimum atomic E-state index is -0.0627. The topological polar surface area (TPSA) is 63.3 Å². The third-order valence-electron chi connectivity index (χ3n) is 7.42. The Balaban J connectivity index is 1.46. The molecule has 1 aliphatic heterocycles. The van der Waals surface area contributed by atoms with Crippen molar-refractivity contribution in [3.63, 3.8) is 0 Å². The van der Waals surface area contributed by atoms with E-state index in [0.29, 0.717) is 41.9 Å². The van der Waals surface area contributed by atoms with E-state index in [1.807, 2.05) is 23.1 Å². The van der Waals surface area contributed by atoms with Crippen LogP contribution in [0.15, 0.2) is 78.4 Å². The van der Waals surface area contributed by atoms with Crippen molar-refractivity contribution >= 4 is 12.0 Å². The van der Waals surface area contributed by atoms with E-state index in [4.69, 9.17) is 14.2 Å². The fraction of sp³-hybridized carbons (Fsp3) is 0.382. The lowest BCUT2D eigenvalue weighted by molar-refractivity contribution is 0.0759. The van der Waals surface area contributed by atoms with Gasteiger partial charge in [0.25, 0.3) is 5.91 Å². The summed E-state index contributed by atoms with van der Waals surface area (Å²) in [7, 11) is 4.69. The van der Waals surface area contributed by atoms with E-state index in [2.05, 4.69) is 65.7 Å². The molecule has 0 aliphatic carbocycles. The number of rotatable bonds is 13. The van der Waals surface area contributed by atoms with E-state index in [1.54, 1.807) is 33.5 Å². The summed E-state index contributed by atoms with van der Waals surface area (Å²) >= 11 is 0. The molecule has 7 nitrogen and oxygen atoms in total. The molecule has 218 valence electrons. The van der Waals surface area contributed by atoms with E-state index in [0.717, 1.165) is 50.2 Å². The minimum absolute atomic E-state index is 0.0627. The van der Waals surface area contributed by atoms with Crippen LogP contribution in [-0.4, -0.2) is 82.3 Å². The average Bonchev–Trinajstić information content (AvgIpc) is 3.00. The Kier molecular flexibility index (Phi) is 11.2. The number of methoxy groups -OCH3 is 3. The lowest BCUT2D eigenvalue weighted by Crippen LogP contribution is -2.52. The van der Waals surface area contributed by atoms with Gasteiger partial charge in [0, 0.05) is 44.3 Å². The van der Waals surface area contributed by atoms with Gasteiger partial charge < -0.3 is 29.3 Å². The molecule has 4 rings (SSSR count). The predicted octanol–water partition coefficient (Wildman–Crippen LogP) is 5.16. The van der Waals surface area contributed by atoms with Crippen molar-refractivity contribution in [2.45, 2.75) is 25.8 Å². The number of hydrogen-bond acceptors (Lipinski definition) is 6. The summed E-state index contributed by atoms with van der Waals surface area (Å²) in [5, 5.41) is 3.67. The Morgan fingerprint density at radius 3 is 2.27 bits per heavy atom. The molecule has 1 fully saturated rings. The number of carbonyl (C=O) groups excluding carboxylic acids is 1. The molecule has 0 spiro atoms. The van der Waals surface area contributed by atoms with Crippen molar-refractivity contribution in [3.8, 4) is 17.2 Å². The molecule has 7 heteroatoms. The smallest absolute Gasteiger partial charge is 0.254 e. The summed E-state index contributed by atoms with van der Waals surface area (Å²) in [4.78, 5) is 18.4. The Labute approximate surface area is 244 Å². The number of benzene rings is 3. The molecule has 0 radical (unpaired) electrons. The number of nitrogens with zero attached hydrogens (tertiary/aromatic N) is 2. The zero-order valence-corrected chi connectivity index (χ0v) is 24.8. The predicted molar refractivity (Wildman–Crippen MR) is 165 cm³/mol. The summed E-state index contributed by atoms with van der Waals surface area (Å²) in [6, 6.07) is 24.8. The van der Waals surface area contributed by atoms with Crippen molar-refractivity contribution in [1.29, 1.82) is 0 Å². The monoisotopic (exact) mass is 557 g/mol. The second kappa shape index (κ2) is 15.3. The van der Waals surface area contributed by atoms with E-state index in [-0.39, 0.29) is 5.91 Å². The zero-order valence-electron chi connectivity index (χ0n) is 24.8. The summed E-state index contributed by atoms with van der Waals surface area (Å²) in [5.41, 5.74) is 4.10. The number of carbonyl (C=O) groups is 1. The van der Waals surface area contributed by atoms with E-state index < -0.39 is 0 Å². The lowest BCUT2D eigenvalue weighted by atomic mass is 10.0. The summed E-state index contributed by atoms with van der Waals surface area (Å²) < 4.78 is 16.5. The van der Waals surface area contributed by atoms with Crippen LogP contribution in [0.4, 0.5) is 0 Å². The van der Waals surface area contributed by atoms with Crippen LogP contribution in [0.3, 0.4) is 0 Å². The van der Waals surface area contributed by atoms with Crippen LogP contribution in [0.5, 0.6) is 17.2 Å². The fourth-order valence-electron chi connectivity index (χ4n) is 5.44. The maximum atomic E-state index is 13.9. The molecule has 0 saturated carbocycles. The van der Waals surface area contributed by atoms with Gasteiger partial charge in [-0.25, -0.2) is 0 Å². The first-order valence-electron chi connectivity index (χ1n) is 14.3. The van der Waals surface area contributed by atoms with Gasteiger partial charge in [-0.2, -0.15) is 0 Å². The van der Waals surface area contributed by atoms with Crippen LogP contribution in [0, 0.1) is 0 Å². The third-order valence-corrected chi connectivity index (χ3v) is 7.42. The Hall–Kier alpha value is -3.81. The first-order valence-corrected chi connectivity index (χ1v) is 14.3. The zero-order chi connectivity index (χ0) is 29.0. The van der Waals surface area contributed by atoms with Crippen LogP contribution in [0.25, 0.3) is 6.08 Å². The van der Waals surface area contributed by atoms with E-state index in [9.17, 15) is 4.79 Å². The van der Waals surface area contributed by atoms with Crippen LogP contribution in [-0.2, 0) is 6.42 Å². The van der Waals surface area contributed by atoms with Gasteiger partial charge >= 0.3 is 0 Å². The molecule has 1 atom stereocenters. The normalized spacial score (nSPS) is 15.8. The van der Waals surface area contributed by atoms with Crippen molar-refractivity contribution in [2.24, 2.45) is 0 Å². The second-order valence-corrected chi connectivity index (χ2v) is 10.5. The number of piperazine rings is 1.